The summed E-state index contributed by atoms with van der Waals surface area (Å²) in [5.41, 5.74) is 0.187. The molecule has 24 heavy (non-hydrogen) atoms. The normalized spacial score (nSPS) is 14.4. The number of aryl methyl sites for hydroxylation is 1. The molecule has 0 aliphatic carbocycles. The molecule has 1 N–H and O–H groups in total. The maximum atomic E-state index is 14.2. The molecule has 2 rings (SSSR count). The van der Waals surface area contributed by atoms with Gasteiger partial charge in [0.05, 0.1) is 6.61 Å². The lowest BCUT2D eigenvalue weighted by Gasteiger charge is -2.14. The molecule has 0 fully saturated rings. The molecule has 2 aromatic rings. The highest BCUT2D eigenvalue weighted by atomic mass is 19.4. The third-order valence-corrected chi connectivity index (χ3v) is 3.13. The lowest BCUT2D eigenvalue weighted by molar-refractivity contribution is -0.136. The van der Waals surface area contributed by atoms with Crippen LogP contribution >= 0.6 is 0 Å². The lowest BCUT2D eigenvalue weighted by atomic mass is 10.1. The number of aromatic nitrogens is 2. The Morgan fingerprint density at radius 3 is 2.67 bits per heavy atom. The molecule has 132 valence electrons. The van der Waals surface area contributed by atoms with Gasteiger partial charge in [0.25, 0.3) is 5.89 Å². The van der Waals surface area contributed by atoms with Gasteiger partial charge >= 0.3 is 6.18 Å². The number of rotatable bonds is 7. The molecule has 0 aliphatic heterocycles. The molecule has 0 saturated carbocycles. The molecule has 0 radical (unpaired) electrons. The van der Waals surface area contributed by atoms with E-state index in [-0.39, 0.29) is 36.1 Å². The minimum absolute atomic E-state index is 0.138. The van der Waals surface area contributed by atoms with Gasteiger partial charge in [0.1, 0.15) is 11.9 Å². The van der Waals surface area contributed by atoms with Gasteiger partial charge in [-0.15, -0.1) is 10.2 Å². The fourth-order valence-corrected chi connectivity index (χ4v) is 1.98. The van der Waals surface area contributed by atoms with Crippen LogP contribution in [0.15, 0.2) is 28.7 Å². The van der Waals surface area contributed by atoms with Gasteiger partial charge in [0.2, 0.25) is 12.1 Å². The Morgan fingerprint density at radius 1 is 1.29 bits per heavy atom. The minimum atomic E-state index is -4.23. The number of ether oxygens (including phenoxy) is 1. The third kappa shape index (κ3) is 5.19. The molecule has 5 nitrogen and oxygen atoms in total. The summed E-state index contributed by atoms with van der Waals surface area (Å²) in [7, 11) is 0. The van der Waals surface area contributed by atoms with E-state index in [4.69, 9.17) is 9.15 Å². The van der Waals surface area contributed by atoms with Gasteiger partial charge in [0.15, 0.2) is 0 Å². The summed E-state index contributed by atoms with van der Waals surface area (Å²) in [4.78, 5) is 0. The highest BCUT2D eigenvalue weighted by Gasteiger charge is 2.28. The van der Waals surface area contributed by atoms with Gasteiger partial charge in [-0.2, -0.15) is 13.2 Å². The van der Waals surface area contributed by atoms with Crippen molar-refractivity contribution in [3.63, 3.8) is 0 Å². The number of hydrogen-bond acceptors (Lipinski definition) is 5. The van der Waals surface area contributed by atoms with Crippen LogP contribution in [0.5, 0.6) is 5.75 Å². The Bertz CT molecular complexity index is 660. The van der Waals surface area contributed by atoms with Crippen molar-refractivity contribution >= 4 is 0 Å². The number of hydrogen-bond donors (Lipinski definition) is 1. The van der Waals surface area contributed by atoms with Crippen molar-refractivity contribution in [1.82, 2.24) is 10.2 Å². The number of benzene rings is 1. The molecule has 9 heteroatoms. The summed E-state index contributed by atoms with van der Waals surface area (Å²) in [6.45, 7) is 1.35. The average molecular weight is 348 g/mol. The fraction of sp³-hybridized carbons (Fsp3) is 0.467. The first-order valence-electron chi connectivity index (χ1n) is 7.18. The van der Waals surface area contributed by atoms with Gasteiger partial charge in [-0.05, 0) is 24.1 Å². The van der Waals surface area contributed by atoms with Crippen molar-refractivity contribution in [1.29, 1.82) is 0 Å². The van der Waals surface area contributed by atoms with Crippen LogP contribution in [0, 0.1) is 6.92 Å². The molecular formula is C15H16F4N2O3. The van der Waals surface area contributed by atoms with Crippen molar-refractivity contribution in [2.75, 3.05) is 6.61 Å². The quantitative estimate of drug-likeness (QED) is 0.608. The molecule has 0 bridgehead atoms. The van der Waals surface area contributed by atoms with Gasteiger partial charge in [0, 0.05) is 13.3 Å². The van der Waals surface area contributed by atoms with E-state index in [0.717, 1.165) is 0 Å². The predicted molar refractivity (Wildman–Crippen MR) is 75.1 cm³/mol. The van der Waals surface area contributed by atoms with E-state index in [1.165, 1.54) is 31.2 Å². The SMILES string of the molecule is Cc1nnc(C(F)C(O)c2cccc(OCCCC(F)(F)F)c2)o1. The van der Waals surface area contributed by atoms with Crippen LogP contribution in [0.2, 0.25) is 0 Å². The summed E-state index contributed by atoms with van der Waals surface area (Å²) in [6.07, 6.45) is -8.86. The molecular weight excluding hydrogens is 332 g/mol. The van der Waals surface area contributed by atoms with E-state index in [0.29, 0.717) is 0 Å². The monoisotopic (exact) mass is 348 g/mol. The molecule has 2 unspecified atom stereocenters. The van der Waals surface area contributed by atoms with E-state index in [1.54, 1.807) is 0 Å². The van der Waals surface area contributed by atoms with Crippen LogP contribution in [0.4, 0.5) is 17.6 Å². The second-order valence-corrected chi connectivity index (χ2v) is 5.15. The number of aliphatic hydroxyl groups is 1. The molecule has 0 saturated heterocycles. The first-order valence-corrected chi connectivity index (χ1v) is 7.18. The molecule has 1 heterocycles. The van der Waals surface area contributed by atoms with E-state index in [2.05, 4.69) is 10.2 Å². The van der Waals surface area contributed by atoms with Gasteiger partial charge < -0.3 is 14.3 Å². The third-order valence-electron chi connectivity index (χ3n) is 3.13. The first kappa shape index (κ1) is 18.2. The highest BCUT2D eigenvalue weighted by Crippen LogP contribution is 2.32. The van der Waals surface area contributed by atoms with Crippen molar-refractivity contribution in [3.05, 3.63) is 41.6 Å². The standard InChI is InChI=1S/C15H16F4N2O3/c1-9-20-21-14(24-9)12(16)13(22)10-4-2-5-11(8-10)23-7-3-6-15(17,18)19/h2,4-5,8,12-13,22H,3,6-7H2,1H3. The van der Waals surface area contributed by atoms with Crippen molar-refractivity contribution in [2.45, 2.75) is 38.2 Å². The maximum Gasteiger partial charge on any atom is 0.389 e. The average Bonchev–Trinajstić information content (AvgIpc) is 2.96. The first-order chi connectivity index (χ1) is 11.3. The van der Waals surface area contributed by atoms with Gasteiger partial charge in [-0.1, -0.05) is 12.1 Å². The molecule has 1 aromatic heterocycles. The largest absolute Gasteiger partial charge is 0.494 e. The fourth-order valence-electron chi connectivity index (χ4n) is 1.98. The molecule has 0 amide bonds. The van der Waals surface area contributed by atoms with Gasteiger partial charge in [-0.25, -0.2) is 4.39 Å². The summed E-state index contributed by atoms with van der Waals surface area (Å²) in [5.74, 6) is 0.0562. The van der Waals surface area contributed by atoms with E-state index >= 15 is 0 Å². The Labute approximate surface area is 135 Å². The van der Waals surface area contributed by atoms with Crippen LogP contribution in [-0.4, -0.2) is 28.1 Å². The molecule has 1 aromatic carbocycles. The maximum absolute atomic E-state index is 14.2. The topological polar surface area (TPSA) is 68.4 Å². The number of alkyl halides is 4. The Kier molecular flexibility index (Phi) is 5.76. The van der Waals surface area contributed by atoms with E-state index < -0.39 is 24.9 Å². The zero-order chi connectivity index (χ0) is 17.7. The second kappa shape index (κ2) is 7.61. The van der Waals surface area contributed by atoms with Crippen molar-refractivity contribution in [2.24, 2.45) is 0 Å². The van der Waals surface area contributed by atoms with Gasteiger partial charge in [-0.3, -0.25) is 0 Å². The van der Waals surface area contributed by atoms with E-state index in [9.17, 15) is 22.7 Å². The smallest absolute Gasteiger partial charge is 0.389 e. The van der Waals surface area contributed by atoms with Crippen LogP contribution in [0.3, 0.4) is 0 Å². The van der Waals surface area contributed by atoms with Crippen molar-refractivity contribution in [3.8, 4) is 5.75 Å². The zero-order valence-corrected chi connectivity index (χ0v) is 12.8. The van der Waals surface area contributed by atoms with Crippen LogP contribution < -0.4 is 4.74 Å². The molecule has 2 atom stereocenters. The Balaban J connectivity index is 1.96. The zero-order valence-electron chi connectivity index (χ0n) is 12.8. The summed E-state index contributed by atoms with van der Waals surface area (Å²) in [6, 6.07) is 5.83. The highest BCUT2D eigenvalue weighted by molar-refractivity contribution is 5.30. The Hall–Kier alpha value is -2.16. The van der Waals surface area contributed by atoms with Crippen LogP contribution in [0.1, 0.15) is 42.5 Å². The van der Waals surface area contributed by atoms with E-state index in [1.807, 2.05) is 0 Å². The van der Waals surface area contributed by atoms with Crippen LogP contribution in [-0.2, 0) is 0 Å². The molecule has 0 spiro atoms. The summed E-state index contributed by atoms with van der Waals surface area (Å²) < 4.78 is 60.5. The number of nitrogens with zero attached hydrogens (tertiary/aromatic N) is 2. The summed E-state index contributed by atoms with van der Waals surface area (Å²) in [5, 5.41) is 17.0. The Morgan fingerprint density at radius 2 is 2.04 bits per heavy atom. The lowest BCUT2D eigenvalue weighted by Crippen LogP contribution is -2.10. The second-order valence-electron chi connectivity index (χ2n) is 5.15. The van der Waals surface area contributed by atoms with Crippen LogP contribution in [0.25, 0.3) is 0 Å². The summed E-state index contributed by atoms with van der Waals surface area (Å²) >= 11 is 0. The number of aliphatic hydroxyl groups excluding tert-OH is 1. The predicted octanol–water partition coefficient (Wildman–Crippen LogP) is 3.84. The van der Waals surface area contributed by atoms with Crippen molar-refractivity contribution < 1.29 is 31.8 Å². The molecule has 0 aliphatic rings. The minimum Gasteiger partial charge on any atom is -0.494 e. The number of halogens is 4.